The highest BCUT2D eigenvalue weighted by Crippen LogP contribution is 2.40. The lowest BCUT2D eigenvalue weighted by atomic mass is 10.2. The molecule has 0 aliphatic carbocycles. The van der Waals surface area contributed by atoms with E-state index in [-0.39, 0.29) is 6.61 Å². The van der Waals surface area contributed by atoms with Crippen LogP contribution in [0.2, 0.25) is 0 Å². The fourth-order valence-electron chi connectivity index (χ4n) is 3.12. The van der Waals surface area contributed by atoms with Crippen LogP contribution in [0.4, 0.5) is 17.5 Å². The average molecular weight is 443 g/mol. The molecule has 0 fully saturated rings. The molecule has 0 radical (unpaired) electrons. The van der Waals surface area contributed by atoms with Crippen LogP contribution in [0.5, 0.6) is 17.2 Å². The van der Waals surface area contributed by atoms with Gasteiger partial charge < -0.3 is 30.0 Å². The van der Waals surface area contributed by atoms with E-state index in [4.69, 9.17) is 14.2 Å². The molecule has 4 rings (SSSR count). The van der Waals surface area contributed by atoms with E-state index in [1.807, 2.05) is 21.4 Å². The molecule has 11 heteroatoms. The molecule has 0 amide bonds. The number of hydrogen-bond acceptors (Lipinski definition) is 10. The van der Waals surface area contributed by atoms with E-state index >= 15 is 0 Å². The van der Waals surface area contributed by atoms with Crippen molar-refractivity contribution in [2.24, 2.45) is 0 Å². The second kappa shape index (κ2) is 9.06. The van der Waals surface area contributed by atoms with E-state index in [1.165, 1.54) is 0 Å². The van der Waals surface area contributed by atoms with E-state index in [0.29, 0.717) is 52.4 Å². The minimum atomic E-state index is -0.0353. The van der Waals surface area contributed by atoms with Crippen LogP contribution in [0.25, 0.3) is 16.9 Å². The van der Waals surface area contributed by atoms with Crippen LogP contribution in [-0.4, -0.2) is 59.1 Å². The Morgan fingerprint density at radius 3 is 2.48 bits per heavy atom. The molecule has 4 aromatic rings. The number of benzene rings is 1. The number of methoxy groups -OCH3 is 3. The van der Waals surface area contributed by atoms with E-state index in [0.717, 1.165) is 5.69 Å². The molecule has 0 atom stereocenters. The summed E-state index contributed by atoms with van der Waals surface area (Å²) >= 11 is 1.59. The molecule has 3 aromatic heterocycles. The first kappa shape index (κ1) is 20.7. The molecule has 0 saturated heterocycles. The van der Waals surface area contributed by atoms with Crippen LogP contribution < -0.4 is 24.8 Å². The van der Waals surface area contributed by atoms with Crippen LogP contribution in [-0.2, 0) is 0 Å². The molecule has 0 aliphatic rings. The lowest BCUT2D eigenvalue weighted by Crippen LogP contribution is -2.10. The number of fused-ring (bicyclic) bond motifs is 1. The van der Waals surface area contributed by atoms with Crippen LogP contribution in [0, 0.1) is 0 Å². The molecular formula is C20H22N6O4S. The summed E-state index contributed by atoms with van der Waals surface area (Å²) < 4.78 is 18.1. The first-order chi connectivity index (χ1) is 15.2. The summed E-state index contributed by atoms with van der Waals surface area (Å²) in [5.41, 5.74) is 2.85. The molecular weight excluding hydrogens is 420 g/mol. The molecule has 0 aliphatic heterocycles. The molecule has 31 heavy (non-hydrogen) atoms. The smallest absolute Gasteiger partial charge is 0.231 e. The lowest BCUT2D eigenvalue weighted by molar-refractivity contribution is 0.311. The predicted octanol–water partition coefficient (Wildman–Crippen LogP) is 3.05. The largest absolute Gasteiger partial charge is 0.493 e. The number of imidazole rings is 1. The highest BCUT2D eigenvalue weighted by molar-refractivity contribution is 7.08. The third-order valence-electron chi connectivity index (χ3n) is 4.51. The molecule has 162 valence electrons. The number of aromatic nitrogens is 4. The Balaban J connectivity index is 1.79. The lowest BCUT2D eigenvalue weighted by Gasteiger charge is -2.15. The summed E-state index contributed by atoms with van der Waals surface area (Å²) in [5.74, 6) is 2.37. The summed E-state index contributed by atoms with van der Waals surface area (Å²) in [6.45, 7) is 0.299. The van der Waals surface area contributed by atoms with Gasteiger partial charge in [-0.25, -0.2) is 4.98 Å². The Hall–Kier alpha value is -3.57. The van der Waals surface area contributed by atoms with Crippen molar-refractivity contribution < 1.29 is 19.3 Å². The number of nitrogens with one attached hydrogen (secondary N) is 2. The number of aliphatic hydroxyl groups excluding tert-OH is 1. The maximum absolute atomic E-state index is 9.24. The Labute approximate surface area is 182 Å². The topological polar surface area (TPSA) is 116 Å². The average Bonchev–Trinajstić information content (AvgIpc) is 3.46. The Bertz CT molecular complexity index is 1150. The minimum absolute atomic E-state index is 0.0353. The third-order valence-corrected chi connectivity index (χ3v) is 5.18. The van der Waals surface area contributed by atoms with Crippen molar-refractivity contribution in [1.82, 2.24) is 19.5 Å². The predicted molar refractivity (Wildman–Crippen MR) is 119 cm³/mol. The zero-order valence-electron chi connectivity index (χ0n) is 17.2. The van der Waals surface area contributed by atoms with Gasteiger partial charge in [0.05, 0.1) is 33.6 Å². The van der Waals surface area contributed by atoms with Crippen LogP contribution in [0.3, 0.4) is 0 Å². The molecule has 0 saturated carbocycles. The molecule has 1 aromatic carbocycles. The van der Waals surface area contributed by atoms with Crippen molar-refractivity contribution in [2.75, 3.05) is 45.1 Å². The van der Waals surface area contributed by atoms with E-state index in [1.54, 1.807) is 51.1 Å². The molecule has 3 heterocycles. The van der Waals surface area contributed by atoms with Crippen molar-refractivity contribution in [3.63, 3.8) is 0 Å². The van der Waals surface area contributed by atoms with Crippen molar-refractivity contribution >= 4 is 40.0 Å². The quantitative estimate of drug-likeness (QED) is 0.360. The first-order valence-electron chi connectivity index (χ1n) is 9.38. The Morgan fingerprint density at radius 1 is 1.10 bits per heavy atom. The summed E-state index contributed by atoms with van der Waals surface area (Å²) in [4.78, 5) is 13.7. The van der Waals surface area contributed by atoms with Gasteiger partial charge in [0.1, 0.15) is 6.33 Å². The van der Waals surface area contributed by atoms with Gasteiger partial charge in [-0.1, -0.05) is 0 Å². The fraction of sp³-hybridized carbons (Fsp3) is 0.250. The fourth-order valence-corrected chi connectivity index (χ4v) is 3.75. The second-order valence-corrected chi connectivity index (χ2v) is 7.13. The van der Waals surface area contributed by atoms with Gasteiger partial charge in [0, 0.05) is 29.7 Å². The number of aliphatic hydroxyl groups is 1. The molecule has 10 nitrogen and oxygen atoms in total. The summed E-state index contributed by atoms with van der Waals surface area (Å²) in [5, 5.41) is 19.5. The normalized spacial score (nSPS) is 10.8. The zero-order chi connectivity index (χ0) is 21.8. The van der Waals surface area contributed by atoms with E-state index in [9.17, 15) is 5.11 Å². The first-order valence-corrected chi connectivity index (χ1v) is 10.3. The van der Waals surface area contributed by atoms with Crippen LogP contribution >= 0.6 is 11.3 Å². The summed E-state index contributed by atoms with van der Waals surface area (Å²) in [7, 11) is 4.66. The number of thiophene rings is 1. The highest BCUT2D eigenvalue weighted by atomic mass is 32.1. The standard InChI is InChI=1S/C20H22N6O4S/c1-28-14-8-12(9-15(29-2)17(14)30-3)23-20-24-18(21-5-6-27)16-19(25-20)26(11-22-16)13-4-7-31-10-13/h4,7-11,27H,5-6H2,1-3H3,(H2,21,23,24,25). The molecule has 0 spiro atoms. The van der Waals surface area contributed by atoms with Crippen LogP contribution in [0.15, 0.2) is 35.3 Å². The Kier molecular flexibility index (Phi) is 6.05. The summed E-state index contributed by atoms with van der Waals surface area (Å²) in [6.07, 6.45) is 1.70. The van der Waals surface area contributed by atoms with Gasteiger partial charge in [-0.2, -0.15) is 21.3 Å². The Morgan fingerprint density at radius 2 is 1.87 bits per heavy atom. The maximum atomic E-state index is 9.24. The number of rotatable bonds is 9. The van der Waals surface area contributed by atoms with Gasteiger partial charge in [-0.3, -0.25) is 4.57 Å². The SMILES string of the molecule is COc1cc(Nc2nc(NCCO)c3ncn(-c4ccsc4)c3n2)cc(OC)c1OC. The number of anilines is 3. The van der Waals surface area contributed by atoms with Gasteiger partial charge in [0.25, 0.3) is 0 Å². The van der Waals surface area contributed by atoms with Gasteiger partial charge in [0.15, 0.2) is 28.5 Å². The van der Waals surface area contributed by atoms with E-state index < -0.39 is 0 Å². The number of hydrogen-bond donors (Lipinski definition) is 3. The number of ether oxygens (including phenoxy) is 3. The molecule has 0 bridgehead atoms. The van der Waals surface area contributed by atoms with Gasteiger partial charge in [-0.05, 0) is 11.4 Å². The second-order valence-electron chi connectivity index (χ2n) is 6.35. The summed E-state index contributed by atoms with van der Waals surface area (Å²) in [6, 6.07) is 5.53. The molecule has 0 unspecified atom stereocenters. The highest BCUT2D eigenvalue weighted by Gasteiger charge is 2.17. The zero-order valence-corrected chi connectivity index (χ0v) is 18.1. The van der Waals surface area contributed by atoms with Crippen molar-refractivity contribution in [3.8, 4) is 22.9 Å². The minimum Gasteiger partial charge on any atom is -0.493 e. The van der Waals surface area contributed by atoms with Gasteiger partial charge in [0.2, 0.25) is 11.7 Å². The third kappa shape index (κ3) is 4.05. The van der Waals surface area contributed by atoms with E-state index in [2.05, 4.69) is 25.6 Å². The van der Waals surface area contributed by atoms with Crippen molar-refractivity contribution in [2.45, 2.75) is 0 Å². The molecule has 3 N–H and O–H groups in total. The monoisotopic (exact) mass is 442 g/mol. The van der Waals surface area contributed by atoms with Crippen molar-refractivity contribution in [3.05, 3.63) is 35.3 Å². The van der Waals surface area contributed by atoms with Gasteiger partial charge in [-0.15, -0.1) is 0 Å². The van der Waals surface area contributed by atoms with Gasteiger partial charge >= 0.3 is 0 Å². The number of nitrogens with zero attached hydrogens (tertiary/aromatic N) is 4. The van der Waals surface area contributed by atoms with Crippen molar-refractivity contribution in [1.29, 1.82) is 0 Å². The van der Waals surface area contributed by atoms with Crippen LogP contribution in [0.1, 0.15) is 0 Å². The maximum Gasteiger partial charge on any atom is 0.231 e.